The standard InChI is InChI=1S/C13H20BrNO/c1-9-7-13(14)6-5-12(9)8-15-10(2)11(3)16-4/h5-7,10-11,15H,8H2,1-4H3. The van der Waals surface area contributed by atoms with E-state index in [-0.39, 0.29) is 6.10 Å². The Labute approximate surface area is 107 Å². The zero-order chi connectivity index (χ0) is 12.1. The van der Waals surface area contributed by atoms with E-state index in [4.69, 9.17) is 4.74 Å². The normalized spacial score (nSPS) is 14.8. The number of hydrogen-bond acceptors (Lipinski definition) is 2. The minimum absolute atomic E-state index is 0.232. The summed E-state index contributed by atoms with van der Waals surface area (Å²) in [5.41, 5.74) is 2.64. The summed E-state index contributed by atoms with van der Waals surface area (Å²) in [6.07, 6.45) is 0.232. The molecule has 0 aromatic heterocycles. The van der Waals surface area contributed by atoms with E-state index in [1.54, 1.807) is 7.11 Å². The summed E-state index contributed by atoms with van der Waals surface area (Å²) in [4.78, 5) is 0. The molecule has 90 valence electrons. The van der Waals surface area contributed by atoms with Gasteiger partial charge in [0, 0.05) is 24.2 Å². The van der Waals surface area contributed by atoms with Gasteiger partial charge in [-0.2, -0.15) is 0 Å². The fourth-order valence-electron chi connectivity index (χ4n) is 1.50. The first-order valence-electron chi connectivity index (χ1n) is 5.55. The van der Waals surface area contributed by atoms with E-state index in [2.05, 4.69) is 60.2 Å². The number of methoxy groups -OCH3 is 1. The Kier molecular flexibility index (Phi) is 5.46. The van der Waals surface area contributed by atoms with Gasteiger partial charge in [-0.15, -0.1) is 0 Å². The monoisotopic (exact) mass is 285 g/mol. The molecule has 0 fully saturated rings. The summed E-state index contributed by atoms with van der Waals surface area (Å²) in [6.45, 7) is 7.23. The number of rotatable bonds is 5. The SMILES string of the molecule is COC(C)C(C)NCc1ccc(Br)cc1C. The lowest BCUT2D eigenvalue weighted by Crippen LogP contribution is -2.36. The third-order valence-electron chi connectivity index (χ3n) is 3.00. The van der Waals surface area contributed by atoms with Gasteiger partial charge in [0.2, 0.25) is 0 Å². The lowest BCUT2D eigenvalue weighted by Gasteiger charge is -2.20. The van der Waals surface area contributed by atoms with Crippen LogP contribution in [0.3, 0.4) is 0 Å². The van der Waals surface area contributed by atoms with Crippen LogP contribution in [0.5, 0.6) is 0 Å². The maximum Gasteiger partial charge on any atom is 0.0693 e. The average Bonchev–Trinajstić information content (AvgIpc) is 2.26. The van der Waals surface area contributed by atoms with E-state index in [1.165, 1.54) is 11.1 Å². The molecule has 2 unspecified atom stereocenters. The number of ether oxygens (including phenoxy) is 1. The topological polar surface area (TPSA) is 21.3 Å². The van der Waals surface area contributed by atoms with Crippen LogP contribution in [0, 0.1) is 6.92 Å². The van der Waals surface area contributed by atoms with E-state index in [9.17, 15) is 0 Å². The van der Waals surface area contributed by atoms with Crippen molar-refractivity contribution in [3.63, 3.8) is 0 Å². The van der Waals surface area contributed by atoms with Crippen LogP contribution in [-0.4, -0.2) is 19.3 Å². The van der Waals surface area contributed by atoms with Gasteiger partial charge in [-0.1, -0.05) is 22.0 Å². The van der Waals surface area contributed by atoms with Crippen molar-refractivity contribution in [1.29, 1.82) is 0 Å². The van der Waals surface area contributed by atoms with Gasteiger partial charge in [0.05, 0.1) is 6.10 Å². The molecule has 1 rings (SSSR count). The first kappa shape index (κ1) is 13.7. The van der Waals surface area contributed by atoms with Gasteiger partial charge in [0.25, 0.3) is 0 Å². The molecule has 16 heavy (non-hydrogen) atoms. The quantitative estimate of drug-likeness (QED) is 0.897. The number of aryl methyl sites for hydroxylation is 1. The summed E-state index contributed by atoms with van der Waals surface area (Å²) in [5.74, 6) is 0. The highest BCUT2D eigenvalue weighted by Crippen LogP contribution is 2.15. The van der Waals surface area contributed by atoms with Crippen molar-refractivity contribution in [3.05, 3.63) is 33.8 Å². The molecule has 0 bridgehead atoms. The van der Waals surface area contributed by atoms with Crippen LogP contribution < -0.4 is 5.32 Å². The lowest BCUT2D eigenvalue weighted by molar-refractivity contribution is 0.0882. The van der Waals surface area contributed by atoms with Crippen LogP contribution in [-0.2, 0) is 11.3 Å². The van der Waals surface area contributed by atoms with Crippen molar-refractivity contribution >= 4 is 15.9 Å². The maximum atomic E-state index is 5.28. The zero-order valence-electron chi connectivity index (χ0n) is 10.4. The lowest BCUT2D eigenvalue weighted by atomic mass is 10.1. The number of halogens is 1. The number of hydrogen-bond donors (Lipinski definition) is 1. The molecule has 0 heterocycles. The molecular weight excluding hydrogens is 266 g/mol. The Morgan fingerprint density at radius 3 is 2.62 bits per heavy atom. The van der Waals surface area contributed by atoms with Crippen LogP contribution in [0.1, 0.15) is 25.0 Å². The minimum Gasteiger partial charge on any atom is -0.380 e. The van der Waals surface area contributed by atoms with Gasteiger partial charge in [0.15, 0.2) is 0 Å². The molecule has 0 aliphatic rings. The Morgan fingerprint density at radius 1 is 1.38 bits per heavy atom. The Balaban J connectivity index is 2.54. The fraction of sp³-hybridized carbons (Fsp3) is 0.538. The smallest absolute Gasteiger partial charge is 0.0693 e. The highest BCUT2D eigenvalue weighted by atomic mass is 79.9. The summed E-state index contributed by atoms with van der Waals surface area (Å²) in [6, 6.07) is 6.72. The number of benzene rings is 1. The highest BCUT2D eigenvalue weighted by molar-refractivity contribution is 9.10. The van der Waals surface area contributed by atoms with Crippen LogP contribution in [0.15, 0.2) is 22.7 Å². The van der Waals surface area contributed by atoms with E-state index in [0.29, 0.717) is 6.04 Å². The van der Waals surface area contributed by atoms with Crippen LogP contribution in [0.25, 0.3) is 0 Å². The molecule has 0 aliphatic carbocycles. The molecule has 2 atom stereocenters. The molecule has 0 saturated heterocycles. The van der Waals surface area contributed by atoms with E-state index >= 15 is 0 Å². The predicted molar refractivity (Wildman–Crippen MR) is 71.7 cm³/mol. The van der Waals surface area contributed by atoms with E-state index in [0.717, 1.165) is 11.0 Å². The molecule has 3 heteroatoms. The second-order valence-corrected chi connectivity index (χ2v) is 5.10. The van der Waals surface area contributed by atoms with Gasteiger partial charge >= 0.3 is 0 Å². The molecule has 0 spiro atoms. The van der Waals surface area contributed by atoms with Crippen LogP contribution in [0.4, 0.5) is 0 Å². The summed E-state index contributed by atoms with van der Waals surface area (Å²) >= 11 is 3.47. The Hall–Kier alpha value is -0.380. The third kappa shape index (κ3) is 3.89. The molecule has 0 amide bonds. The first-order valence-corrected chi connectivity index (χ1v) is 6.35. The van der Waals surface area contributed by atoms with Gasteiger partial charge < -0.3 is 10.1 Å². The largest absolute Gasteiger partial charge is 0.380 e. The van der Waals surface area contributed by atoms with Gasteiger partial charge in [-0.05, 0) is 44.0 Å². The second-order valence-electron chi connectivity index (χ2n) is 4.18. The van der Waals surface area contributed by atoms with Gasteiger partial charge in [-0.3, -0.25) is 0 Å². The summed E-state index contributed by atoms with van der Waals surface area (Å²) in [5, 5.41) is 3.47. The van der Waals surface area contributed by atoms with Crippen LogP contribution >= 0.6 is 15.9 Å². The predicted octanol–water partition coefficient (Wildman–Crippen LogP) is 3.27. The molecule has 1 aromatic carbocycles. The molecule has 0 aliphatic heterocycles. The summed E-state index contributed by atoms with van der Waals surface area (Å²) < 4.78 is 6.41. The fourth-order valence-corrected chi connectivity index (χ4v) is 1.97. The Morgan fingerprint density at radius 2 is 2.06 bits per heavy atom. The van der Waals surface area contributed by atoms with Crippen molar-refractivity contribution in [3.8, 4) is 0 Å². The molecular formula is C13H20BrNO. The molecule has 1 N–H and O–H groups in total. The molecule has 0 saturated carbocycles. The first-order chi connectivity index (χ1) is 7.54. The Bertz CT molecular complexity index is 341. The van der Waals surface area contributed by atoms with E-state index < -0.39 is 0 Å². The van der Waals surface area contributed by atoms with E-state index in [1.807, 2.05) is 0 Å². The van der Waals surface area contributed by atoms with Crippen LogP contribution in [0.2, 0.25) is 0 Å². The molecule has 1 aromatic rings. The third-order valence-corrected chi connectivity index (χ3v) is 3.49. The van der Waals surface area contributed by atoms with Gasteiger partial charge in [-0.25, -0.2) is 0 Å². The van der Waals surface area contributed by atoms with Crippen molar-refractivity contribution < 1.29 is 4.74 Å². The molecule has 0 radical (unpaired) electrons. The summed E-state index contributed by atoms with van der Waals surface area (Å²) in [7, 11) is 1.74. The van der Waals surface area contributed by atoms with Crippen molar-refractivity contribution in [1.82, 2.24) is 5.32 Å². The zero-order valence-corrected chi connectivity index (χ0v) is 12.0. The average molecular weight is 286 g/mol. The second kappa shape index (κ2) is 6.38. The molecule has 2 nitrogen and oxygen atoms in total. The van der Waals surface area contributed by atoms with Crippen molar-refractivity contribution in [2.75, 3.05) is 7.11 Å². The maximum absolute atomic E-state index is 5.28. The minimum atomic E-state index is 0.232. The highest BCUT2D eigenvalue weighted by Gasteiger charge is 2.10. The number of nitrogens with one attached hydrogen (secondary N) is 1. The van der Waals surface area contributed by atoms with Gasteiger partial charge in [0.1, 0.15) is 0 Å². The van der Waals surface area contributed by atoms with Crippen molar-refractivity contribution in [2.45, 2.75) is 39.5 Å². The van der Waals surface area contributed by atoms with Crippen molar-refractivity contribution in [2.24, 2.45) is 0 Å².